The monoisotopic (exact) mass is 519 g/mol. The minimum Gasteiger partial charge on any atom is -0.415 e. The van der Waals surface area contributed by atoms with E-state index in [4.69, 9.17) is 9.15 Å². The zero-order valence-corrected chi connectivity index (χ0v) is 21.1. The first kappa shape index (κ1) is 26.3. The SMILES string of the molecule is COCCN1CCN(CCS(=O)N(Cc2ccc(-c3nnc(C(F)F)o3)cc2)c2ccccc2)CC1. The van der Waals surface area contributed by atoms with Crippen molar-refractivity contribution in [1.29, 1.82) is 0 Å². The predicted octanol–water partition coefficient (Wildman–Crippen LogP) is 3.61. The van der Waals surface area contributed by atoms with Crippen LogP contribution in [0, 0.1) is 0 Å². The summed E-state index contributed by atoms with van der Waals surface area (Å²) in [6, 6.07) is 16.9. The number of benzene rings is 2. The maximum atomic E-state index is 13.4. The molecule has 0 N–H and O–H groups in total. The third kappa shape index (κ3) is 7.16. The Bertz CT molecular complexity index is 1090. The van der Waals surface area contributed by atoms with E-state index in [-0.39, 0.29) is 5.89 Å². The lowest BCUT2D eigenvalue weighted by atomic mass is 10.1. The second kappa shape index (κ2) is 13.0. The molecule has 0 spiro atoms. The lowest BCUT2D eigenvalue weighted by molar-refractivity contribution is 0.0999. The summed E-state index contributed by atoms with van der Waals surface area (Å²) in [5.41, 5.74) is 2.36. The van der Waals surface area contributed by atoms with E-state index >= 15 is 0 Å². The third-order valence-electron chi connectivity index (χ3n) is 6.10. The number of halogens is 2. The largest absolute Gasteiger partial charge is 0.415 e. The van der Waals surface area contributed by atoms with E-state index in [1.165, 1.54) is 0 Å². The van der Waals surface area contributed by atoms with Gasteiger partial charge in [0.25, 0.3) is 5.89 Å². The van der Waals surface area contributed by atoms with E-state index in [0.717, 1.165) is 57.1 Å². The lowest BCUT2D eigenvalue weighted by Crippen LogP contribution is -2.48. The van der Waals surface area contributed by atoms with E-state index in [2.05, 4.69) is 20.0 Å². The molecule has 0 saturated carbocycles. The molecule has 1 aliphatic heterocycles. The van der Waals surface area contributed by atoms with Crippen LogP contribution in [0.4, 0.5) is 14.5 Å². The summed E-state index contributed by atoms with van der Waals surface area (Å²) in [5.74, 6) is -0.123. The van der Waals surface area contributed by atoms with Crippen molar-refractivity contribution >= 4 is 16.7 Å². The molecule has 0 amide bonds. The highest BCUT2D eigenvalue weighted by molar-refractivity contribution is 7.86. The van der Waals surface area contributed by atoms with Crippen LogP contribution in [0.5, 0.6) is 0 Å². The summed E-state index contributed by atoms with van der Waals surface area (Å²) in [5, 5.41) is 7.07. The minimum absolute atomic E-state index is 0.0441. The molecule has 8 nitrogen and oxygen atoms in total. The number of rotatable bonds is 12. The molecule has 4 rings (SSSR count). The van der Waals surface area contributed by atoms with Gasteiger partial charge >= 0.3 is 6.43 Å². The topological polar surface area (TPSA) is 74.9 Å². The van der Waals surface area contributed by atoms with Gasteiger partial charge in [-0.25, -0.2) is 4.21 Å². The van der Waals surface area contributed by atoms with Gasteiger partial charge in [0.2, 0.25) is 5.89 Å². The van der Waals surface area contributed by atoms with Crippen molar-refractivity contribution in [2.75, 3.05) is 63.0 Å². The van der Waals surface area contributed by atoms with Crippen LogP contribution < -0.4 is 4.31 Å². The van der Waals surface area contributed by atoms with Gasteiger partial charge in [0.1, 0.15) is 11.0 Å². The average Bonchev–Trinajstić information content (AvgIpc) is 3.41. The van der Waals surface area contributed by atoms with Crippen LogP contribution in [0.25, 0.3) is 11.5 Å². The maximum Gasteiger partial charge on any atom is 0.314 e. The van der Waals surface area contributed by atoms with Gasteiger partial charge in [0, 0.05) is 57.6 Å². The number of ether oxygens (including phenoxy) is 1. The summed E-state index contributed by atoms with van der Waals surface area (Å²) in [4.78, 5) is 4.75. The van der Waals surface area contributed by atoms with Crippen molar-refractivity contribution in [3.63, 3.8) is 0 Å². The number of alkyl halides is 2. The highest BCUT2D eigenvalue weighted by Gasteiger charge is 2.20. The lowest BCUT2D eigenvalue weighted by Gasteiger charge is -2.34. The van der Waals surface area contributed by atoms with Gasteiger partial charge in [-0.2, -0.15) is 8.78 Å². The quantitative estimate of drug-likeness (QED) is 0.362. The first-order valence-corrected chi connectivity index (χ1v) is 13.2. The molecule has 1 aliphatic rings. The molecular formula is C25H31F2N5O3S. The Kier molecular flexibility index (Phi) is 9.51. The van der Waals surface area contributed by atoms with Gasteiger partial charge in [-0.05, 0) is 29.8 Å². The number of nitrogens with zero attached hydrogens (tertiary/aromatic N) is 5. The van der Waals surface area contributed by atoms with Crippen LogP contribution >= 0.6 is 0 Å². The van der Waals surface area contributed by atoms with Crippen molar-refractivity contribution in [2.24, 2.45) is 0 Å². The average molecular weight is 520 g/mol. The number of hydrogen-bond donors (Lipinski definition) is 0. The molecule has 1 fully saturated rings. The summed E-state index contributed by atoms with van der Waals surface area (Å²) in [6.07, 6.45) is -2.81. The Labute approximate surface area is 212 Å². The van der Waals surface area contributed by atoms with Crippen molar-refractivity contribution in [2.45, 2.75) is 13.0 Å². The molecule has 1 unspecified atom stereocenters. The molecule has 1 saturated heterocycles. The molecule has 194 valence electrons. The van der Waals surface area contributed by atoms with Gasteiger partial charge in [0.05, 0.1) is 18.9 Å². The molecule has 0 aliphatic carbocycles. The molecule has 0 bridgehead atoms. The third-order valence-corrected chi connectivity index (χ3v) is 7.47. The van der Waals surface area contributed by atoms with Crippen LogP contribution in [-0.4, -0.2) is 82.9 Å². The Morgan fingerprint density at radius 1 is 1.00 bits per heavy atom. The van der Waals surface area contributed by atoms with E-state index in [9.17, 15) is 13.0 Å². The Morgan fingerprint density at radius 2 is 1.67 bits per heavy atom. The molecule has 11 heteroatoms. The highest BCUT2D eigenvalue weighted by Crippen LogP contribution is 2.25. The smallest absolute Gasteiger partial charge is 0.314 e. The Balaban J connectivity index is 1.38. The van der Waals surface area contributed by atoms with Crippen LogP contribution in [-0.2, 0) is 22.3 Å². The van der Waals surface area contributed by atoms with Crippen LogP contribution in [0.15, 0.2) is 59.0 Å². The molecule has 1 atom stereocenters. The van der Waals surface area contributed by atoms with Crippen molar-refractivity contribution in [3.05, 3.63) is 66.1 Å². The van der Waals surface area contributed by atoms with Crippen molar-refractivity contribution < 1.29 is 22.1 Å². The zero-order valence-electron chi connectivity index (χ0n) is 20.3. The normalized spacial score (nSPS) is 15.9. The van der Waals surface area contributed by atoms with Gasteiger partial charge in [0.15, 0.2) is 0 Å². The number of hydrogen-bond acceptors (Lipinski definition) is 7. The molecule has 3 aromatic rings. The second-order valence-corrected chi connectivity index (χ2v) is 10.0. The first-order valence-electron chi connectivity index (χ1n) is 11.9. The molecule has 2 aromatic carbocycles. The fraction of sp³-hybridized carbons (Fsp3) is 0.440. The Morgan fingerprint density at radius 3 is 2.28 bits per heavy atom. The van der Waals surface area contributed by atoms with E-state index < -0.39 is 23.3 Å². The summed E-state index contributed by atoms with van der Waals surface area (Å²) in [7, 11) is 0.486. The molecule has 0 radical (unpaired) electrons. The first-order chi connectivity index (χ1) is 17.5. The zero-order chi connectivity index (χ0) is 25.3. The Hall–Kier alpha value is -2.73. The standard InChI is InChI=1S/C25H31F2N5O3S/c1-34-17-15-30-11-13-31(14-12-30)16-18-36(33)32(22-5-3-2-4-6-22)19-20-7-9-21(10-8-20)24-28-29-25(35-24)23(26)27/h2-10,23H,11-19H2,1H3. The number of para-hydroxylation sites is 1. The van der Waals surface area contributed by atoms with Crippen LogP contribution in [0.3, 0.4) is 0 Å². The minimum atomic E-state index is -2.81. The van der Waals surface area contributed by atoms with Gasteiger partial charge in [-0.15, -0.1) is 10.2 Å². The maximum absolute atomic E-state index is 13.4. The van der Waals surface area contributed by atoms with E-state index in [1.807, 2.05) is 46.8 Å². The second-order valence-electron chi connectivity index (χ2n) is 8.52. The summed E-state index contributed by atoms with van der Waals surface area (Å²) >= 11 is 0. The van der Waals surface area contributed by atoms with Gasteiger partial charge in [-0.3, -0.25) is 14.1 Å². The number of anilines is 1. The van der Waals surface area contributed by atoms with E-state index in [1.54, 1.807) is 19.2 Å². The van der Waals surface area contributed by atoms with Crippen LogP contribution in [0.2, 0.25) is 0 Å². The van der Waals surface area contributed by atoms with Gasteiger partial charge < -0.3 is 9.15 Å². The number of aromatic nitrogens is 2. The van der Waals surface area contributed by atoms with Gasteiger partial charge in [-0.1, -0.05) is 30.3 Å². The molecule has 2 heterocycles. The fourth-order valence-corrected chi connectivity index (χ4v) is 5.29. The summed E-state index contributed by atoms with van der Waals surface area (Å²) in [6.45, 7) is 6.77. The molecule has 1 aromatic heterocycles. The number of methoxy groups -OCH3 is 1. The molecule has 36 heavy (non-hydrogen) atoms. The number of piperazine rings is 1. The van der Waals surface area contributed by atoms with E-state index in [0.29, 0.717) is 17.9 Å². The summed E-state index contributed by atoms with van der Waals surface area (Å²) < 4.78 is 51.0. The van der Waals surface area contributed by atoms with Crippen molar-refractivity contribution in [1.82, 2.24) is 20.0 Å². The van der Waals surface area contributed by atoms with Crippen molar-refractivity contribution in [3.8, 4) is 11.5 Å². The highest BCUT2D eigenvalue weighted by atomic mass is 32.2. The molecular weight excluding hydrogens is 488 g/mol. The predicted molar refractivity (Wildman–Crippen MR) is 135 cm³/mol. The fourth-order valence-electron chi connectivity index (χ4n) is 4.01. The van der Waals surface area contributed by atoms with Crippen LogP contribution in [0.1, 0.15) is 17.9 Å².